The molecule has 1 fully saturated rings. The van der Waals surface area contributed by atoms with Gasteiger partial charge in [-0.3, -0.25) is 4.79 Å². The fourth-order valence-electron chi connectivity index (χ4n) is 4.71. The number of aromatic nitrogens is 2. The Hall–Kier alpha value is -3.84. The number of nitrogens with zero attached hydrogens (tertiary/aromatic N) is 3. The highest BCUT2D eigenvalue weighted by molar-refractivity contribution is 5.97. The lowest BCUT2D eigenvalue weighted by atomic mass is 10.1. The Morgan fingerprint density at radius 1 is 1.03 bits per heavy atom. The summed E-state index contributed by atoms with van der Waals surface area (Å²) in [4.78, 5) is 19.7. The van der Waals surface area contributed by atoms with Crippen LogP contribution in [0.3, 0.4) is 0 Å². The van der Waals surface area contributed by atoms with Crippen molar-refractivity contribution in [3.05, 3.63) is 84.2 Å². The summed E-state index contributed by atoms with van der Waals surface area (Å²) < 4.78 is 13.0. The Kier molecular flexibility index (Phi) is 6.42. The lowest BCUT2D eigenvalue weighted by Gasteiger charge is -2.20. The van der Waals surface area contributed by atoms with Crippen LogP contribution >= 0.6 is 0 Å². The van der Waals surface area contributed by atoms with Crippen molar-refractivity contribution in [3.63, 3.8) is 0 Å². The van der Waals surface area contributed by atoms with Crippen LogP contribution in [0.4, 0.5) is 5.69 Å². The zero-order valence-electron chi connectivity index (χ0n) is 19.9. The molecular weight excluding hydrogens is 442 g/mol. The predicted octanol–water partition coefficient (Wildman–Crippen LogP) is 4.31. The van der Waals surface area contributed by atoms with E-state index in [1.165, 1.54) is 0 Å². The van der Waals surface area contributed by atoms with Crippen molar-refractivity contribution in [1.82, 2.24) is 9.55 Å². The van der Waals surface area contributed by atoms with Crippen LogP contribution in [-0.2, 0) is 11.3 Å². The fourth-order valence-corrected chi connectivity index (χ4v) is 4.71. The average molecular weight is 472 g/mol. The molecule has 1 amide bonds. The second-order valence-electron chi connectivity index (χ2n) is 8.90. The molecule has 2 atom stereocenters. The summed E-state index contributed by atoms with van der Waals surface area (Å²) >= 11 is 0. The molecule has 3 aromatic carbocycles. The van der Waals surface area contributed by atoms with Crippen molar-refractivity contribution >= 4 is 22.6 Å². The van der Waals surface area contributed by atoms with Crippen molar-refractivity contribution < 1.29 is 19.4 Å². The number of hydrogen-bond donors (Lipinski definition) is 1. The lowest BCUT2D eigenvalue weighted by Crippen LogP contribution is -2.27. The second kappa shape index (κ2) is 9.80. The number of methoxy groups -OCH3 is 1. The van der Waals surface area contributed by atoms with Gasteiger partial charge >= 0.3 is 0 Å². The maximum absolute atomic E-state index is 13.0. The van der Waals surface area contributed by atoms with Crippen LogP contribution < -0.4 is 14.4 Å². The third-order valence-corrected chi connectivity index (χ3v) is 6.48. The molecule has 1 N–H and O–H groups in total. The quantitative estimate of drug-likeness (QED) is 0.414. The van der Waals surface area contributed by atoms with Crippen molar-refractivity contribution in [3.8, 4) is 11.5 Å². The zero-order chi connectivity index (χ0) is 24.4. The first-order valence-electron chi connectivity index (χ1n) is 11.8. The molecule has 7 nitrogen and oxygen atoms in total. The first-order chi connectivity index (χ1) is 17.0. The number of aryl methyl sites for hydroxylation is 1. The number of ether oxygens (including phenoxy) is 2. The van der Waals surface area contributed by atoms with Crippen LogP contribution in [-0.4, -0.2) is 46.9 Å². The Balaban J connectivity index is 1.36. The van der Waals surface area contributed by atoms with Crippen LogP contribution in [0.25, 0.3) is 11.0 Å². The van der Waals surface area contributed by atoms with Crippen molar-refractivity contribution in [2.24, 2.45) is 0 Å². The van der Waals surface area contributed by atoms with Crippen molar-refractivity contribution in [2.45, 2.75) is 31.9 Å². The van der Waals surface area contributed by atoms with E-state index in [-0.39, 0.29) is 18.4 Å². The van der Waals surface area contributed by atoms with E-state index in [1.807, 2.05) is 89.2 Å². The second-order valence-corrected chi connectivity index (χ2v) is 8.90. The molecule has 0 bridgehead atoms. The summed E-state index contributed by atoms with van der Waals surface area (Å²) in [5.74, 6) is 2.25. The summed E-state index contributed by atoms with van der Waals surface area (Å²) in [6.45, 7) is 3.04. The number of rotatable bonds is 8. The minimum absolute atomic E-state index is 0.0655. The van der Waals surface area contributed by atoms with Gasteiger partial charge in [0, 0.05) is 24.6 Å². The van der Waals surface area contributed by atoms with E-state index in [0.29, 0.717) is 25.3 Å². The number of imidazole rings is 1. The smallest absolute Gasteiger partial charge is 0.227 e. The number of aliphatic hydroxyl groups excluding tert-OH is 1. The number of carbonyl (C=O) groups is 1. The molecular formula is C28H29N3O4. The van der Waals surface area contributed by atoms with Gasteiger partial charge in [0.2, 0.25) is 5.91 Å². The van der Waals surface area contributed by atoms with E-state index in [9.17, 15) is 9.90 Å². The molecule has 0 spiro atoms. The molecule has 2 heterocycles. The van der Waals surface area contributed by atoms with Gasteiger partial charge in [0.15, 0.2) is 0 Å². The third-order valence-electron chi connectivity index (χ3n) is 6.48. The zero-order valence-corrected chi connectivity index (χ0v) is 19.9. The topological polar surface area (TPSA) is 76.8 Å². The van der Waals surface area contributed by atoms with Gasteiger partial charge in [-0.1, -0.05) is 30.3 Å². The number of fused-ring (bicyclic) bond motifs is 1. The van der Waals surface area contributed by atoms with Gasteiger partial charge < -0.3 is 24.0 Å². The maximum atomic E-state index is 13.0. The summed E-state index contributed by atoms with van der Waals surface area (Å²) in [5.41, 5.74) is 3.80. The predicted molar refractivity (Wildman–Crippen MR) is 135 cm³/mol. The minimum atomic E-state index is -0.752. The highest BCUT2D eigenvalue weighted by Gasteiger charge is 2.35. The number of amides is 1. The van der Waals surface area contributed by atoms with E-state index >= 15 is 0 Å². The number of para-hydroxylation sites is 3. The van der Waals surface area contributed by atoms with Crippen LogP contribution in [0.5, 0.6) is 11.5 Å². The van der Waals surface area contributed by atoms with Gasteiger partial charge in [-0.25, -0.2) is 4.98 Å². The number of benzene rings is 3. The van der Waals surface area contributed by atoms with Crippen molar-refractivity contribution in [1.29, 1.82) is 0 Å². The summed E-state index contributed by atoms with van der Waals surface area (Å²) in [7, 11) is 1.62. The molecule has 2 unspecified atom stereocenters. The largest absolute Gasteiger partial charge is 0.497 e. The van der Waals surface area contributed by atoms with E-state index < -0.39 is 6.10 Å². The van der Waals surface area contributed by atoms with Gasteiger partial charge in [-0.05, 0) is 55.0 Å². The Morgan fingerprint density at radius 3 is 2.51 bits per heavy atom. The van der Waals surface area contributed by atoms with Gasteiger partial charge in [0.25, 0.3) is 0 Å². The molecule has 35 heavy (non-hydrogen) atoms. The standard InChI is InChI=1S/C28H29N3O4/c1-19-7-3-5-9-25(19)30-16-20(15-27(30)33)28-29-24-8-4-6-10-26(24)31(28)17-21(32)18-35-23-13-11-22(34-2)12-14-23/h3-14,20-21,32H,15-18H2,1-2H3. The SMILES string of the molecule is COc1ccc(OCC(O)Cn2c(C3CC(=O)N(c4ccccc4C)C3)nc3ccccc32)cc1. The summed E-state index contributed by atoms with van der Waals surface area (Å²) in [6, 6.07) is 23.1. The van der Waals surface area contributed by atoms with Crippen LogP contribution in [0.1, 0.15) is 23.7 Å². The Morgan fingerprint density at radius 2 is 1.74 bits per heavy atom. The lowest BCUT2D eigenvalue weighted by molar-refractivity contribution is -0.117. The van der Waals surface area contributed by atoms with Crippen LogP contribution in [0, 0.1) is 6.92 Å². The van der Waals surface area contributed by atoms with Gasteiger partial charge in [0.05, 0.1) is 24.7 Å². The van der Waals surface area contributed by atoms with Gasteiger partial charge in [-0.15, -0.1) is 0 Å². The molecule has 0 radical (unpaired) electrons. The minimum Gasteiger partial charge on any atom is -0.497 e. The maximum Gasteiger partial charge on any atom is 0.227 e. The molecule has 1 aromatic heterocycles. The van der Waals surface area contributed by atoms with Crippen LogP contribution in [0.15, 0.2) is 72.8 Å². The normalized spacial score (nSPS) is 16.6. The molecule has 4 aromatic rings. The van der Waals surface area contributed by atoms with Gasteiger partial charge in [-0.2, -0.15) is 0 Å². The van der Waals surface area contributed by atoms with E-state index in [1.54, 1.807) is 7.11 Å². The van der Waals surface area contributed by atoms with Crippen molar-refractivity contribution in [2.75, 3.05) is 25.2 Å². The molecule has 7 heteroatoms. The number of anilines is 1. The number of carbonyl (C=O) groups excluding carboxylic acids is 1. The molecule has 1 aliphatic rings. The Labute approximate surface area is 204 Å². The number of hydrogen-bond acceptors (Lipinski definition) is 5. The average Bonchev–Trinajstić information content (AvgIpc) is 3.44. The highest BCUT2D eigenvalue weighted by Crippen LogP contribution is 2.34. The van der Waals surface area contributed by atoms with E-state index in [0.717, 1.165) is 33.9 Å². The molecule has 0 saturated carbocycles. The van der Waals surface area contributed by atoms with Crippen LogP contribution in [0.2, 0.25) is 0 Å². The molecule has 1 saturated heterocycles. The van der Waals surface area contributed by atoms with E-state index in [2.05, 4.69) is 0 Å². The van der Waals surface area contributed by atoms with Gasteiger partial charge in [0.1, 0.15) is 30.0 Å². The summed E-state index contributed by atoms with van der Waals surface area (Å²) in [6.07, 6.45) is -0.367. The molecule has 1 aliphatic heterocycles. The first-order valence-corrected chi connectivity index (χ1v) is 11.8. The fraction of sp³-hybridized carbons (Fsp3) is 0.286. The molecule has 0 aliphatic carbocycles. The Bertz CT molecular complexity index is 1330. The van der Waals surface area contributed by atoms with E-state index in [4.69, 9.17) is 14.5 Å². The molecule has 5 rings (SSSR count). The monoisotopic (exact) mass is 471 g/mol. The molecule has 180 valence electrons. The third kappa shape index (κ3) is 4.72. The number of aliphatic hydroxyl groups is 1. The summed E-state index contributed by atoms with van der Waals surface area (Å²) in [5, 5.41) is 10.9. The highest BCUT2D eigenvalue weighted by atomic mass is 16.5. The first kappa shape index (κ1) is 22.9.